The Balaban J connectivity index is 1.45. The van der Waals surface area contributed by atoms with Crippen molar-refractivity contribution in [2.24, 2.45) is 5.10 Å². The Hall–Kier alpha value is -3.21. The number of hydrogen-bond acceptors (Lipinski definition) is 5. The van der Waals surface area contributed by atoms with Crippen LogP contribution in [-0.4, -0.2) is 39.4 Å². The summed E-state index contributed by atoms with van der Waals surface area (Å²) in [7, 11) is 0. The molecule has 2 aromatic carbocycles. The summed E-state index contributed by atoms with van der Waals surface area (Å²) in [4.78, 5) is 28.0. The van der Waals surface area contributed by atoms with Crippen molar-refractivity contribution in [3.8, 4) is 11.4 Å². The van der Waals surface area contributed by atoms with Crippen LogP contribution in [0.2, 0.25) is 5.02 Å². The summed E-state index contributed by atoms with van der Waals surface area (Å²) in [5, 5.41) is 14.3. The molecule has 1 amide bonds. The number of carbonyl (C=O) groups is 2. The van der Waals surface area contributed by atoms with Crippen LogP contribution in [0.3, 0.4) is 0 Å². The lowest BCUT2D eigenvalue weighted by Gasteiger charge is -2.11. The van der Waals surface area contributed by atoms with Crippen molar-refractivity contribution in [3.63, 3.8) is 0 Å². The van der Waals surface area contributed by atoms with Crippen LogP contribution < -0.4 is 10.2 Å². The number of pyridine rings is 1. The van der Waals surface area contributed by atoms with E-state index in [4.69, 9.17) is 16.3 Å². The Kier molecular flexibility index (Phi) is 7.77. The molecule has 8 nitrogen and oxygen atoms in total. The summed E-state index contributed by atoms with van der Waals surface area (Å²) in [6.45, 7) is 3.54. The van der Waals surface area contributed by atoms with E-state index >= 15 is 0 Å². The van der Waals surface area contributed by atoms with Crippen molar-refractivity contribution in [1.82, 2.24) is 15.0 Å². The number of amides is 1. The maximum absolute atomic E-state index is 12.4. The van der Waals surface area contributed by atoms with Crippen LogP contribution in [0, 0.1) is 13.8 Å². The fraction of sp³-hybridized carbons (Fsp3) is 0.120. The third kappa shape index (κ3) is 5.30. The number of nitrogens with one attached hydrogen (secondary N) is 1. The van der Waals surface area contributed by atoms with Gasteiger partial charge in [-0.1, -0.05) is 33.6 Å². The van der Waals surface area contributed by atoms with Gasteiger partial charge in [-0.05, 0) is 66.2 Å². The molecule has 0 aliphatic rings. The predicted molar refractivity (Wildman–Crippen MR) is 146 cm³/mol. The fourth-order valence-corrected chi connectivity index (χ4v) is 5.40. The van der Waals surface area contributed by atoms with Gasteiger partial charge >= 0.3 is 5.97 Å². The van der Waals surface area contributed by atoms with Crippen LogP contribution in [0.5, 0.6) is 5.75 Å². The zero-order valence-corrected chi connectivity index (χ0v) is 23.0. The molecule has 11 heteroatoms. The van der Waals surface area contributed by atoms with Crippen molar-refractivity contribution < 1.29 is 19.4 Å². The molecule has 2 heterocycles. The number of aryl methyl sites for hydroxylation is 1. The summed E-state index contributed by atoms with van der Waals surface area (Å²) in [5.41, 5.74) is 6.36. The van der Waals surface area contributed by atoms with Gasteiger partial charge in [0.25, 0.3) is 5.91 Å². The van der Waals surface area contributed by atoms with Gasteiger partial charge in [0.1, 0.15) is 5.52 Å². The Morgan fingerprint density at radius 1 is 1.19 bits per heavy atom. The molecule has 0 unspecified atom stereocenters. The van der Waals surface area contributed by atoms with Gasteiger partial charge in [-0.15, -0.1) is 0 Å². The van der Waals surface area contributed by atoms with E-state index in [0.29, 0.717) is 15.7 Å². The third-order valence-corrected chi connectivity index (χ3v) is 6.96. The van der Waals surface area contributed by atoms with Gasteiger partial charge in [-0.3, -0.25) is 9.78 Å². The lowest BCUT2D eigenvalue weighted by atomic mass is 10.2. The van der Waals surface area contributed by atoms with E-state index in [9.17, 15) is 14.7 Å². The Bertz CT molecular complexity index is 1530. The number of rotatable bonds is 7. The van der Waals surface area contributed by atoms with Gasteiger partial charge < -0.3 is 14.4 Å². The van der Waals surface area contributed by atoms with Crippen LogP contribution in [0.15, 0.2) is 62.7 Å². The van der Waals surface area contributed by atoms with Crippen molar-refractivity contribution in [3.05, 3.63) is 85.1 Å². The Morgan fingerprint density at radius 3 is 2.69 bits per heavy atom. The number of ether oxygens (including phenoxy) is 1. The number of carbonyl (C=O) groups excluding carboxylic acids is 1. The van der Waals surface area contributed by atoms with E-state index in [1.165, 1.54) is 12.3 Å². The molecule has 184 valence electrons. The fourth-order valence-electron chi connectivity index (χ4n) is 3.76. The Labute approximate surface area is 228 Å². The highest BCUT2D eigenvalue weighted by molar-refractivity contribution is 9.11. The molecule has 0 saturated heterocycles. The molecule has 0 radical (unpaired) electrons. The van der Waals surface area contributed by atoms with Gasteiger partial charge in [0.05, 0.1) is 21.3 Å². The molecule has 0 fully saturated rings. The first kappa shape index (κ1) is 25.9. The summed E-state index contributed by atoms with van der Waals surface area (Å²) >= 11 is 13.1. The first-order valence-electron chi connectivity index (χ1n) is 10.6. The molecule has 4 rings (SSSR count). The van der Waals surface area contributed by atoms with Gasteiger partial charge in [-0.25, -0.2) is 10.2 Å². The molecule has 2 aromatic heterocycles. The number of hydrogen-bond donors (Lipinski definition) is 2. The standard InChI is InChI=1S/C25H19Br2ClN4O4/c1-13-8-15(14(2)32(13)16-5-6-18(25(34)35)21(28)9-16)11-30-31-22(33)12-36-24-20(27)10-19(26)17-4-3-7-29-23(17)24/h3-11H,12H2,1-2H3,(H,31,33)(H,34,35)/b30-11+. The van der Waals surface area contributed by atoms with Crippen LogP contribution in [-0.2, 0) is 4.79 Å². The molecule has 0 spiro atoms. The van der Waals surface area contributed by atoms with Crippen molar-refractivity contribution >= 4 is 72.5 Å². The van der Waals surface area contributed by atoms with Gasteiger partial charge in [0.15, 0.2) is 12.4 Å². The minimum Gasteiger partial charge on any atom is -0.480 e. The summed E-state index contributed by atoms with van der Waals surface area (Å²) in [5.74, 6) is -1.06. The minimum atomic E-state index is -1.09. The van der Waals surface area contributed by atoms with Crippen molar-refractivity contribution in [2.75, 3.05) is 6.61 Å². The van der Waals surface area contributed by atoms with Crippen LogP contribution in [0.1, 0.15) is 27.3 Å². The number of halogens is 3. The highest BCUT2D eigenvalue weighted by Gasteiger charge is 2.15. The molecule has 36 heavy (non-hydrogen) atoms. The molecular weight excluding hydrogens is 616 g/mol. The van der Waals surface area contributed by atoms with Crippen molar-refractivity contribution in [2.45, 2.75) is 13.8 Å². The Morgan fingerprint density at radius 2 is 1.97 bits per heavy atom. The number of fused-ring (bicyclic) bond motifs is 1. The van der Waals surface area contributed by atoms with E-state index in [1.54, 1.807) is 18.3 Å². The molecule has 0 bridgehead atoms. The molecule has 0 aliphatic heterocycles. The molecule has 0 aliphatic carbocycles. The zero-order valence-electron chi connectivity index (χ0n) is 19.1. The topological polar surface area (TPSA) is 106 Å². The van der Waals surface area contributed by atoms with Crippen LogP contribution in [0.25, 0.3) is 16.6 Å². The normalized spacial score (nSPS) is 11.2. The van der Waals surface area contributed by atoms with Crippen LogP contribution in [0.4, 0.5) is 0 Å². The van der Waals surface area contributed by atoms with E-state index < -0.39 is 11.9 Å². The summed E-state index contributed by atoms with van der Waals surface area (Å²) < 4.78 is 9.19. The largest absolute Gasteiger partial charge is 0.480 e. The number of benzene rings is 2. The highest BCUT2D eigenvalue weighted by Crippen LogP contribution is 2.37. The predicted octanol–water partition coefficient (Wildman–Crippen LogP) is 6.05. The number of carboxylic acids is 1. The number of aromatic nitrogens is 2. The maximum atomic E-state index is 12.4. The second kappa shape index (κ2) is 10.8. The SMILES string of the molecule is Cc1cc(/C=N/NC(=O)COc2c(Br)cc(Br)c3cccnc23)c(C)n1-c1ccc(C(=O)O)c(Cl)c1. The molecule has 4 aromatic rings. The smallest absolute Gasteiger partial charge is 0.337 e. The number of nitrogens with zero attached hydrogens (tertiary/aromatic N) is 3. The zero-order chi connectivity index (χ0) is 26.0. The highest BCUT2D eigenvalue weighted by atomic mass is 79.9. The molecule has 2 N–H and O–H groups in total. The van der Waals surface area contributed by atoms with Crippen LogP contribution >= 0.6 is 43.5 Å². The van der Waals surface area contributed by atoms with Gasteiger partial charge in [-0.2, -0.15) is 5.10 Å². The second-order valence-corrected chi connectivity index (χ2v) is 9.90. The first-order valence-corrected chi connectivity index (χ1v) is 12.5. The quantitative estimate of drug-likeness (QED) is 0.190. The summed E-state index contributed by atoms with van der Waals surface area (Å²) in [6, 6.07) is 12.2. The van der Waals surface area contributed by atoms with Crippen molar-refractivity contribution in [1.29, 1.82) is 0 Å². The first-order chi connectivity index (χ1) is 17.2. The second-order valence-electron chi connectivity index (χ2n) is 7.78. The minimum absolute atomic E-state index is 0.0357. The van der Waals surface area contributed by atoms with Gasteiger partial charge in [0.2, 0.25) is 0 Å². The summed E-state index contributed by atoms with van der Waals surface area (Å²) in [6.07, 6.45) is 3.19. The van der Waals surface area contributed by atoms with Gasteiger partial charge in [0, 0.05) is 38.7 Å². The number of carboxylic acid groups (broad SMARTS) is 1. The third-order valence-electron chi connectivity index (χ3n) is 5.40. The maximum Gasteiger partial charge on any atom is 0.337 e. The number of aromatic carboxylic acids is 1. The number of hydrazone groups is 1. The molecule has 0 saturated carbocycles. The van der Waals surface area contributed by atoms with E-state index in [-0.39, 0.29) is 17.2 Å². The monoisotopic (exact) mass is 632 g/mol. The lowest BCUT2D eigenvalue weighted by molar-refractivity contribution is -0.123. The average molecular weight is 635 g/mol. The molecular formula is C25H19Br2ClN4O4. The van der Waals surface area contributed by atoms with E-state index in [2.05, 4.69) is 47.4 Å². The average Bonchev–Trinajstić information content (AvgIpc) is 3.11. The van der Waals surface area contributed by atoms with E-state index in [1.807, 2.05) is 42.7 Å². The lowest BCUT2D eigenvalue weighted by Crippen LogP contribution is -2.24. The molecule has 0 atom stereocenters. The van der Waals surface area contributed by atoms with E-state index in [0.717, 1.165) is 32.5 Å².